The highest BCUT2D eigenvalue weighted by molar-refractivity contribution is 6.35. The second kappa shape index (κ2) is 7.93. The third-order valence-corrected chi connectivity index (χ3v) is 4.58. The molecule has 0 aromatic heterocycles. The lowest BCUT2D eigenvalue weighted by Crippen LogP contribution is -2.49. The summed E-state index contributed by atoms with van der Waals surface area (Å²) < 4.78 is 18.6. The number of amides is 1. The summed E-state index contributed by atoms with van der Waals surface area (Å²) in [4.78, 5) is 11.8. The van der Waals surface area contributed by atoms with E-state index >= 15 is 0 Å². The van der Waals surface area contributed by atoms with Gasteiger partial charge in [-0.1, -0.05) is 53.5 Å². The van der Waals surface area contributed by atoms with Crippen LogP contribution < -0.4 is 10.6 Å². The molecule has 1 aliphatic carbocycles. The Balaban J connectivity index is 1.40. The number of anilines is 1. The minimum absolute atomic E-state index is 0.0199. The van der Waals surface area contributed by atoms with Crippen molar-refractivity contribution in [3.05, 3.63) is 63.9 Å². The smallest absolute Gasteiger partial charge is 0.407 e. The van der Waals surface area contributed by atoms with Gasteiger partial charge in [-0.15, -0.1) is 0 Å². The van der Waals surface area contributed by atoms with E-state index in [4.69, 9.17) is 27.9 Å². The molecule has 0 heterocycles. The summed E-state index contributed by atoms with van der Waals surface area (Å²) in [7, 11) is 0. The fraction of sp³-hybridized carbons (Fsp3) is 0.278. The van der Waals surface area contributed by atoms with Crippen LogP contribution in [0.15, 0.2) is 42.5 Å². The molecule has 0 spiro atoms. The Kier molecular flexibility index (Phi) is 5.66. The number of benzene rings is 2. The fourth-order valence-electron chi connectivity index (χ4n) is 2.66. The number of ether oxygens (including phenoxy) is 1. The number of hydrogen-bond donors (Lipinski definition) is 2. The van der Waals surface area contributed by atoms with Crippen molar-refractivity contribution >= 4 is 35.0 Å². The Labute approximate surface area is 155 Å². The zero-order chi connectivity index (χ0) is 17.8. The number of rotatable bonds is 5. The van der Waals surface area contributed by atoms with Gasteiger partial charge in [-0.2, -0.15) is 0 Å². The molecule has 0 saturated heterocycles. The summed E-state index contributed by atoms with van der Waals surface area (Å²) in [5, 5.41) is 6.00. The third kappa shape index (κ3) is 4.77. The Morgan fingerprint density at radius 2 is 1.76 bits per heavy atom. The normalized spacial score (nSPS) is 19.0. The highest BCUT2D eigenvalue weighted by Crippen LogP contribution is 2.30. The SMILES string of the molecule is O=C(NC1CC(Nc2cc(Cl)c(F)c(Cl)c2)C1)OCc1ccccc1. The molecule has 3 rings (SSSR count). The first-order valence-corrected chi connectivity index (χ1v) is 8.65. The van der Waals surface area contributed by atoms with E-state index in [1.165, 1.54) is 12.1 Å². The highest BCUT2D eigenvalue weighted by Gasteiger charge is 2.30. The number of carbonyl (C=O) groups excluding carboxylic acids is 1. The van der Waals surface area contributed by atoms with E-state index in [9.17, 15) is 9.18 Å². The summed E-state index contributed by atoms with van der Waals surface area (Å²) in [6.45, 7) is 0.244. The number of halogens is 3. The zero-order valence-electron chi connectivity index (χ0n) is 13.3. The van der Waals surface area contributed by atoms with Crippen LogP contribution in [-0.2, 0) is 11.3 Å². The van der Waals surface area contributed by atoms with Gasteiger partial charge in [0.1, 0.15) is 6.61 Å². The van der Waals surface area contributed by atoms with Gasteiger partial charge in [-0.3, -0.25) is 0 Å². The van der Waals surface area contributed by atoms with Crippen molar-refractivity contribution in [1.29, 1.82) is 0 Å². The van der Waals surface area contributed by atoms with E-state index in [-0.39, 0.29) is 28.7 Å². The van der Waals surface area contributed by atoms with Crippen molar-refractivity contribution in [2.75, 3.05) is 5.32 Å². The molecule has 4 nitrogen and oxygen atoms in total. The van der Waals surface area contributed by atoms with Gasteiger partial charge in [-0.05, 0) is 30.5 Å². The molecule has 0 bridgehead atoms. The second-order valence-corrected chi connectivity index (χ2v) is 6.78. The number of carbonyl (C=O) groups is 1. The Hall–Kier alpha value is -1.98. The Morgan fingerprint density at radius 3 is 2.40 bits per heavy atom. The summed E-state index contributed by atoms with van der Waals surface area (Å²) in [6.07, 6.45) is 1.06. The molecule has 0 radical (unpaired) electrons. The fourth-order valence-corrected chi connectivity index (χ4v) is 3.15. The number of nitrogens with one attached hydrogen (secondary N) is 2. The Morgan fingerprint density at radius 1 is 1.12 bits per heavy atom. The molecule has 1 aliphatic rings. The van der Waals surface area contributed by atoms with Gasteiger partial charge < -0.3 is 15.4 Å². The van der Waals surface area contributed by atoms with Crippen molar-refractivity contribution in [3.63, 3.8) is 0 Å². The summed E-state index contributed by atoms with van der Waals surface area (Å²) in [6, 6.07) is 12.7. The second-order valence-electron chi connectivity index (χ2n) is 5.97. The van der Waals surface area contributed by atoms with Crippen LogP contribution >= 0.6 is 23.2 Å². The molecule has 2 N–H and O–H groups in total. The van der Waals surface area contributed by atoms with Crippen molar-refractivity contribution in [1.82, 2.24) is 5.32 Å². The van der Waals surface area contributed by atoms with Crippen molar-refractivity contribution in [2.45, 2.75) is 31.5 Å². The van der Waals surface area contributed by atoms with E-state index in [1.54, 1.807) is 0 Å². The van der Waals surface area contributed by atoms with Gasteiger partial charge in [0.25, 0.3) is 0 Å². The molecular formula is C18H17Cl2FN2O2. The van der Waals surface area contributed by atoms with E-state index < -0.39 is 11.9 Å². The highest BCUT2D eigenvalue weighted by atomic mass is 35.5. The summed E-state index contributed by atoms with van der Waals surface area (Å²) in [5.74, 6) is -0.622. The quantitative estimate of drug-likeness (QED) is 0.715. The third-order valence-electron chi connectivity index (χ3n) is 4.03. The minimum atomic E-state index is -0.622. The van der Waals surface area contributed by atoms with Gasteiger partial charge in [-0.25, -0.2) is 9.18 Å². The molecule has 1 fully saturated rings. The van der Waals surface area contributed by atoms with Crippen LogP contribution in [0, 0.1) is 5.82 Å². The molecule has 0 atom stereocenters. The predicted octanol–water partition coefficient (Wildman–Crippen LogP) is 5.00. The van der Waals surface area contributed by atoms with Gasteiger partial charge >= 0.3 is 6.09 Å². The first-order chi connectivity index (χ1) is 12.0. The standard InChI is InChI=1S/C18H17Cl2FN2O2/c19-15-8-14(9-16(20)17(15)21)22-12-6-13(7-12)23-18(24)25-10-11-4-2-1-3-5-11/h1-5,8-9,12-13,22H,6-7,10H2,(H,23,24). The van der Waals surface area contributed by atoms with E-state index in [2.05, 4.69) is 10.6 Å². The predicted molar refractivity (Wildman–Crippen MR) is 96.6 cm³/mol. The number of alkyl carbamates (subject to hydrolysis) is 1. The lowest BCUT2D eigenvalue weighted by atomic mass is 9.86. The van der Waals surface area contributed by atoms with E-state index in [0.29, 0.717) is 5.69 Å². The van der Waals surface area contributed by atoms with Gasteiger partial charge in [0.15, 0.2) is 5.82 Å². The molecule has 25 heavy (non-hydrogen) atoms. The topological polar surface area (TPSA) is 50.4 Å². The molecular weight excluding hydrogens is 366 g/mol. The van der Waals surface area contributed by atoms with Crippen molar-refractivity contribution in [3.8, 4) is 0 Å². The van der Waals surface area contributed by atoms with Crippen LogP contribution in [0.2, 0.25) is 10.0 Å². The lowest BCUT2D eigenvalue weighted by molar-refractivity contribution is 0.129. The first kappa shape index (κ1) is 17.8. The lowest BCUT2D eigenvalue weighted by Gasteiger charge is -2.36. The van der Waals surface area contributed by atoms with E-state index in [1.807, 2.05) is 30.3 Å². The van der Waals surface area contributed by atoms with Crippen LogP contribution in [0.1, 0.15) is 18.4 Å². The van der Waals surface area contributed by atoms with Crippen LogP contribution in [0.25, 0.3) is 0 Å². The minimum Gasteiger partial charge on any atom is -0.445 e. The van der Waals surface area contributed by atoms with Crippen LogP contribution in [0.4, 0.5) is 14.9 Å². The van der Waals surface area contributed by atoms with Gasteiger partial charge in [0.2, 0.25) is 0 Å². The summed E-state index contributed by atoms with van der Waals surface area (Å²) >= 11 is 11.5. The molecule has 2 aromatic carbocycles. The Bertz CT molecular complexity index is 729. The zero-order valence-corrected chi connectivity index (χ0v) is 14.8. The summed E-state index contributed by atoms with van der Waals surface area (Å²) in [5.41, 5.74) is 1.60. The molecule has 7 heteroatoms. The maximum absolute atomic E-state index is 13.4. The number of hydrogen-bond acceptors (Lipinski definition) is 3. The molecule has 0 unspecified atom stereocenters. The van der Waals surface area contributed by atoms with Gasteiger partial charge in [0.05, 0.1) is 10.0 Å². The van der Waals surface area contributed by atoms with Gasteiger partial charge in [0, 0.05) is 17.8 Å². The van der Waals surface area contributed by atoms with E-state index in [0.717, 1.165) is 18.4 Å². The van der Waals surface area contributed by atoms with Crippen LogP contribution in [-0.4, -0.2) is 18.2 Å². The average molecular weight is 383 g/mol. The monoisotopic (exact) mass is 382 g/mol. The van der Waals surface area contributed by atoms with Crippen LogP contribution in [0.5, 0.6) is 0 Å². The molecule has 132 valence electrons. The molecule has 1 saturated carbocycles. The van der Waals surface area contributed by atoms with Crippen molar-refractivity contribution in [2.24, 2.45) is 0 Å². The maximum atomic E-state index is 13.4. The van der Waals surface area contributed by atoms with Crippen molar-refractivity contribution < 1.29 is 13.9 Å². The maximum Gasteiger partial charge on any atom is 0.407 e. The largest absolute Gasteiger partial charge is 0.445 e. The molecule has 2 aromatic rings. The average Bonchev–Trinajstić information content (AvgIpc) is 2.57. The van der Waals surface area contributed by atoms with Crippen LogP contribution in [0.3, 0.4) is 0 Å². The molecule has 1 amide bonds. The first-order valence-electron chi connectivity index (χ1n) is 7.89. The molecule has 0 aliphatic heterocycles.